The van der Waals surface area contributed by atoms with Crippen LogP contribution in [-0.4, -0.2) is 38.5 Å². The first-order valence-corrected chi connectivity index (χ1v) is 3.26. The van der Waals surface area contributed by atoms with Crippen LogP contribution in [0.25, 0.3) is 0 Å². The fraction of sp³-hybridized carbons (Fsp3) is 0. The topological polar surface area (TPSA) is 123 Å². The Bertz CT molecular complexity index is 137. The molecule has 6 nitrogen and oxygen atoms in total. The SMILES string of the molecule is O.O=[PH]([O-])[O-].[Mg+2].c1c[nH]cn1. The molecule has 0 unspecified atom stereocenters. The second-order valence-corrected chi connectivity index (χ2v) is 1.51. The van der Waals surface area contributed by atoms with Crippen LogP contribution in [0, 0.1) is 0 Å². The maximum Gasteiger partial charge on any atom is 2.00 e. The molecule has 8 heteroatoms. The summed E-state index contributed by atoms with van der Waals surface area (Å²) in [6, 6.07) is 0. The van der Waals surface area contributed by atoms with E-state index in [1.165, 1.54) is 0 Å². The summed E-state index contributed by atoms with van der Waals surface area (Å²) in [4.78, 5) is 23.5. The summed E-state index contributed by atoms with van der Waals surface area (Å²) in [6.45, 7) is 0. The number of imidazole rings is 1. The van der Waals surface area contributed by atoms with Gasteiger partial charge in [-0.15, -0.1) is 0 Å². The second-order valence-electron chi connectivity index (χ2n) is 1.01. The third-order valence-corrected chi connectivity index (χ3v) is 0.406. The molecule has 1 aromatic heterocycles. The van der Waals surface area contributed by atoms with Gasteiger partial charge in [0.15, 0.2) is 0 Å². The molecule has 1 rings (SSSR count). The fourth-order valence-corrected chi connectivity index (χ4v) is 0.215. The number of hydrogen-bond acceptors (Lipinski definition) is 4. The minimum atomic E-state index is -3.63. The first-order valence-electron chi connectivity index (χ1n) is 2.04. The molecule has 0 atom stereocenters. The normalized spacial score (nSPS) is 6.82. The predicted octanol–water partition coefficient (Wildman–Crippen LogP) is -2.70. The minimum Gasteiger partial charge on any atom is -0.813 e. The Hall–Kier alpha value is 0.0862. The minimum absolute atomic E-state index is 0. The number of nitrogens with one attached hydrogen (secondary N) is 1. The van der Waals surface area contributed by atoms with E-state index in [1.807, 2.05) is 0 Å². The number of nitrogens with zero attached hydrogens (tertiary/aromatic N) is 1. The van der Waals surface area contributed by atoms with Gasteiger partial charge in [-0.2, -0.15) is 0 Å². The molecule has 0 saturated carbocycles. The van der Waals surface area contributed by atoms with Gasteiger partial charge in [-0.3, -0.25) is 0 Å². The summed E-state index contributed by atoms with van der Waals surface area (Å²) in [5.74, 6) is 0. The number of H-pyrrole nitrogens is 1. The molecule has 11 heavy (non-hydrogen) atoms. The van der Waals surface area contributed by atoms with Crippen molar-refractivity contribution >= 4 is 31.3 Å². The smallest absolute Gasteiger partial charge is 0.813 e. The van der Waals surface area contributed by atoms with Crippen LogP contribution in [0.3, 0.4) is 0 Å². The second kappa shape index (κ2) is 12.7. The Morgan fingerprint density at radius 3 is 2.00 bits per heavy atom. The molecule has 0 spiro atoms. The molecule has 60 valence electrons. The van der Waals surface area contributed by atoms with Crippen molar-refractivity contribution in [3.8, 4) is 0 Å². The van der Waals surface area contributed by atoms with Gasteiger partial charge in [0.1, 0.15) is 0 Å². The Balaban J connectivity index is -0.000000101. The van der Waals surface area contributed by atoms with Gasteiger partial charge < -0.3 is 24.8 Å². The molecule has 0 aliphatic rings. The molecular weight excluding hydrogens is 183 g/mol. The molecule has 3 N–H and O–H groups in total. The van der Waals surface area contributed by atoms with Crippen LogP contribution in [-0.2, 0) is 4.57 Å². The zero-order chi connectivity index (χ0) is 7.11. The first-order chi connectivity index (χ1) is 4.23. The van der Waals surface area contributed by atoms with E-state index in [2.05, 4.69) is 9.97 Å². The standard InChI is InChI=1S/C3H4N2.Mg.H3O3P.H2O/c1-2-5-3-4-1;;1-4(2)3;/h1-3H,(H,4,5);;4H,(H2,1,2,3);1H2/q;+2;;/p-2. The van der Waals surface area contributed by atoms with Gasteiger partial charge in [0, 0.05) is 12.4 Å². The number of hydrogen-bond donors (Lipinski definition) is 1. The van der Waals surface area contributed by atoms with Crippen molar-refractivity contribution in [1.29, 1.82) is 0 Å². The van der Waals surface area contributed by atoms with Gasteiger partial charge in [0.25, 0.3) is 0 Å². The molecule has 1 heterocycles. The van der Waals surface area contributed by atoms with Gasteiger partial charge in [-0.05, 0) is 0 Å². The van der Waals surface area contributed by atoms with Crippen molar-refractivity contribution in [2.24, 2.45) is 0 Å². The largest absolute Gasteiger partial charge is 2.00 e. The molecular formula is C3H7MgN2O4P. The van der Waals surface area contributed by atoms with Crippen LogP contribution < -0.4 is 9.79 Å². The summed E-state index contributed by atoms with van der Waals surface area (Å²) in [5, 5.41) is 0. The van der Waals surface area contributed by atoms with E-state index in [-0.39, 0.29) is 28.5 Å². The average Bonchev–Trinajstić information content (AvgIpc) is 2.11. The quantitative estimate of drug-likeness (QED) is 0.353. The molecule has 0 saturated heterocycles. The summed E-state index contributed by atoms with van der Waals surface area (Å²) in [6.07, 6.45) is 5.08. The first kappa shape index (κ1) is 17.2. The number of aromatic amines is 1. The zero-order valence-corrected chi connectivity index (χ0v) is 8.03. The molecule has 0 aliphatic carbocycles. The van der Waals surface area contributed by atoms with E-state index in [1.54, 1.807) is 18.7 Å². The number of rotatable bonds is 0. The van der Waals surface area contributed by atoms with Gasteiger partial charge >= 0.3 is 23.1 Å². The Labute approximate surface area is 80.1 Å². The van der Waals surface area contributed by atoms with Gasteiger partial charge in [0.05, 0.1) is 6.33 Å². The van der Waals surface area contributed by atoms with Crippen molar-refractivity contribution in [3.63, 3.8) is 0 Å². The van der Waals surface area contributed by atoms with E-state index in [0.717, 1.165) is 0 Å². The van der Waals surface area contributed by atoms with E-state index in [9.17, 15) is 0 Å². The molecule has 0 aliphatic heterocycles. The average molecular weight is 190 g/mol. The summed E-state index contributed by atoms with van der Waals surface area (Å²) < 4.78 is 8.52. The van der Waals surface area contributed by atoms with E-state index >= 15 is 0 Å². The van der Waals surface area contributed by atoms with E-state index in [4.69, 9.17) is 14.4 Å². The van der Waals surface area contributed by atoms with Crippen molar-refractivity contribution in [2.45, 2.75) is 0 Å². The van der Waals surface area contributed by atoms with Crippen molar-refractivity contribution in [1.82, 2.24) is 9.97 Å². The van der Waals surface area contributed by atoms with Crippen LogP contribution in [0.5, 0.6) is 0 Å². The molecule has 0 fully saturated rings. The third kappa shape index (κ3) is 25.5. The van der Waals surface area contributed by atoms with Crippen molar-refractivity contribution in [2.75, 3.05) is 0 Å². The molecule has 0 aromatic carbocycles. The fourth-order valence-electron chi connectivity index (χ4n) is 0.215. The van der Waals surface area contributed by atoms with Crippen LogP contribution in [0.1, 0.15) is 0 Å². The summed E-state index contributed by atoms with van der Waals surface area (Å²) >= 11 is 0. The molecule has 1 aromatic rings. The van der Waals surface area contributed by atoms with Gasteiger partial charge in [-0.25, -0.2) is 4.98 Å². The molecule has 0 bridgehead atoms. The van der Waals surface area contributed by atoms with Crippen LogP contribution in [0.4, 0.5) is 0 Å². The Morgan fingerprint density at radius 1 is 1.45 bits per heavy atom. The molecule has 0 radical (unpaired) electrons. The van der Waals surface area contributed by atoms with Gasteiger partial charge in [0.2, 0.25) is 0 Å². The van der Waals surface area contributed by atoms with E-state index in [0.29, 0.717) is 0 Å². The number of aromatic nitrogens is 2. The monoisotopic (exact) mass is 190 g/mol. The summed E-state index contributed by atoms with van der Waals surface area (Å²) in [7, 11) is -3.63. The van der Waals surface area contributed by atoms with Crippen LogP contribution >= 0.6 is 8.25 Å². The van der Waals surface area contributed by atoms with Crippen LogP contribution in [0.2, 0.25) is 0 Å². The van der Waals surface area contributed by atoms with Crippen molar-refractivity contribution in [3.05, 3.63) is 18.7 Å². The summed E-state index contributed by atoms with van der Waals surface area (Å²) in [5.41, 5.74) is 0. The zero-order valence-electron chi connectivity index (χ0n) is 5.61. The predicted molar refractivity (Wildman–Crippen MR) is 37.0 cm³/mol. The van der Waals surface area contributed by atoms with E-state index < -0.39 is 8.25 Å². The van der Waals surface area contributed by atoms with Crippen LogP contribution in [0.15, 0.2) is 18.7 Å². The molecule has 0 amide bonds. The Kier molecular flexibility index (Phi) is 20.0. The van der Waals surface area contributed by atoms with Gasteiger partial charge in [-0.1, -0.05) is 8.25 Å². The maximum atomic E-state index is 8.52. The maximum absolute atomic E-state index is 8.52. The Morgan fingerprint density at radius 2 is 1.91 bits per heavy atom. The van der Waals surface area contributed by atoms with Crippen molar-refractivity contribution < 1.29 is 19.8 Å². The third-order valence-electron chi connectivity index (χ3n) is 0.406.